The van der Waals surface area contributed by atoms with Gasteiger partial charge in [0.1, 0.15) is 12.1 Å². The Bertz CT molecular complexity index is 915. The third kappa shape index (κ3) is 10.9. The summed E-state index contributed by atoms with van der Waals surface area (Å²) < 4.78 is 16.4. The quantitative estimate of drug-likeness (QED) is 0.238. The summed E-state index contributed by atoms with van der Waals surface area (Å²) >= 11 is 0. The highest BCUT2D eigenvalue weighted by molar-refractivity contribution is 5.78. The molecule has 208 valence electrons. The molecule has 0 aliphatic carbocycles. The van der Waals surface area contributed by atoms with Crippen LogP contribution in [0.15, 0.2) is 18.2 Å². The van der Waals surface area contributed by atoms with Crippen molar-refractivity contribution in [3.63, 3.8) is 0 Å². The maximum absolute atomic E-state index is 12.5. The van der Waals surface area contributed by atoms with Gasteiger partial charge in [-0.1, -0.05) is 54.0 Å². The number of carbonyl (C=O) groups excluding carboxylic acids is 3. The number of esters is 3. The van der Waals surface area contributed by atoms with E-state index in [2.05, 4.69) is 5.32 Å². The van der Waals surface area contributed by atoms with Gasteiger partial charge in [-0.25, -0.2) is 0 Å². The van der Waals surface area contributed by atoms with E-state index in [1.165, 1.54) is 12.1 Å². The molecule has 0 aliphatic rings. The van der Waals surface area contributed by atoms with E-state index in [0.29, 0.717) is 18.4 Å². The number of hydrogen-bond donors (Lipinski definition) is 2. The van der Waals surface area contributed by atoms with E-state index in [9.17, 15) is 24.3 Å². The van der Waals surface area contributed by atoms with Crippen LogP contribution < -0.4 is 14.8 Å². The highest BCUT2D eigenvalue weighted by Gasteiger charge is 2.24. The molecule has 37 heavy (non-hydrogen) atoms. The summed E-state index contributed by atoms with van der Waals surface area (Å²) in [5.74, 6) is -3.05. The number of carbonyl (C=O) groups is 4. The Morgan fingerprint density at radius 3 is 1.92 bits per heavy atom. The second-order valence-electron chi connectivity index (χ2n) is 9.68. The van der Waals surface area contributed by atoms with Gasteiger partial charge in [0.25, 0.3) is 0 Å². The fourth-order valence-corrected chi connectivity index (χ4v) is 3.29. The minimum absolute atomic E-state index is 0.0652. The van der Waals surface area contributed by atoms with Crippen molar-refractivity contribution in [1.82, 2.24) is 5.32 Å². The molecule has 0 heterocycles. The number of carboxylic acids is 1. The minimum Gasteiger partial charge on any atom is -0.480 e. The van der Waals surface area contributed by atoms with Gasteiger partial charge in [-0.3, -0.25) is 19.2 Å². The Kier molecular flexibility index (Phi) is 13.9. The molecule has 0 aromatic heterocycles. The molecule has 0 saturated heterocycles. The molecule has 0 fully saturated rings. The second kappa shape index (κ2) is 16.0. The van der Waals surface area contributed by atoms with Crippen LogP contribution in [0.1, 0.15) is 79.7 Å². The van der Waals surface area contributed by atoms with Crippen molar-refractivity contribution in [2.24, 2.45) is 17.8 Å². The molecular formula is C28H43NO8. The van der Waals surface area contributed by atoms with Gasteiger partial charge in [0.2, 0.25) is 0 Å². The van der Waals surface area contributed by atoms with Crippen molar-refractivity contribution >= 4 is 23.9 Å². The number of ether oxygens (including phenoxy) is 3. The van der Waals surface area contributed by atoms with Crippen LogP contribution in [-0.4, -0.2) is 47.7 Å². The molecule has 9 heteroatoms. The number of hydrogen-bond acceptors (Lipinski definition) is 8. The monoisotopic (exact) mass is 521 g/mol. The average Bonchev–Trinajstić information content (AvgIpc) is 2.86. The Balaban J connectivity index is 3.02. The van der Waals surface area contributed by atoms with Crippen molar-refractivity contribution in [2.75, 3.05) is 6.54 Å². The number of carboxylic acid groups (broad SMARTS) is 1. The Morgan fingerprint density at radius 2 is 1.41 bits per heavy atom. The lowest BCUT2D eigenvalue weighted by Crippen LogP contribution is -2.43. The van der Waals surface area contributed by atoms with Gasteiger partial charge in [0.15, 0.2) is 11.5 Å². The van der Waals surface area contributed by atoms with Crippen molar-refractivity contribution < 1.29 is 38.5 Å². The van der Waals surface area contributed by atoms with Crippen molar-refractivity contribution in [3.8, 4) is 11.5 Å². The smallest absolute Gasteiger partial charge is 0.321 e. The third-order valence-corrected chi connectivity index (χ3v) is 6.29. The Morgan fingerprint density at radius 1 is 0.838 bits per heavy atom. The summed E-state index contributed by atoms with van der Waals surface area (Å²) in [6.45, 7) is 12.9. The van der Waals surface area contributed by atoms with Crippen LogP contribution >= 0.6 is 0 Å². The van der Waals surface area contributed by atoms with E-state index >= 15 is 0 Å². The molecule has 0 spiro atoms. The van der Waals surface area contributed by atoms with Crippen molar-refractivity contribution in [3.05, 3.63) is 23.8 Å². The minimum atomic E-state index is -1.08. The molecule has 0 saturated carbocycles. The van der Waals surface area contributed by atoms with Crippen LogP contribution in [0.3, 0.4) is 0 Å². The zero-order chi connectivity index (χ0) is 28.1. The van der Waals surface area contributed by atoms with Crippen LogP contribution in [-0.2, 0) is 30.3 Å². The van der Waals surface area contributed by atoms with E-state index < -0.39 is 30.1 Å². The lowest BCUT2D eigenvalue weighted by molar-refractivity contribution is -0.152. The molecule has 0 radical (unpaired) electrons. The molecule has 2 N–H and O–H groups in total. The summed E-state index contributed by atoms with van der Waals surface area (Å²) in [5.41, 5.74) is 0.566. The molecule has 0 aliphatic heterocycles. The molecule has 4 unspecified atom stereocenters. The largest absolute Gasteiger partial charge is 0.480 e. The first-order valence-corrected chi connectivity index (χ1v) is 13.2. The maximum Gasteiger partial charge on any atom is 0.321 e. The highest BCUT2D eigenvalue weighted by Crippen LogP contribution is 2.31. The normalized spacial score (nSPS) is 15.1. The van der Waals surface area contributed by atoms with Crippen LogP contribution in [0.25, 0.3) is 0 Å². The molecule has 0 bridgehead atoms. The standard InChI is InChI=1S/C28H43NO8/c1-8-11-19(6)28(34)35-20(7)16-29-22(25(30)31)14-21-12-13-23(36-26(32)17(4)9-2)24(15-21)37-27(33)18(5)10-3/h12-13,15,17-20,22,29H,8-11,14,16H2,1-7H3,(H,30,31)/t17?,18?,19?,20?,22-/m0/s1. The summed E-state index contributed by atoms with van der Waals surface area (Å²) in [6.07, 6.45) is 2.32. The van der Waals surface area contributed by atoms with Crippen LogP contribution in [0, 0.1) is 17.8 Å². The van der Waals surface area contributed by atoms with Gasteiger partial charge in [-0.2, -0.15) is 0 Å². The van der Waals surface area contributed by atoms with Crippen LogP contribution in [0.5, 0.6) is 11.5 Å². The Labute approximate surface area is 220 Å². The predicted octanol–water partition coefficient (Wildman–Crippen LogP) is 4.54. The summed E-state index contributed by atoms with van der Waals surface area (Å²) in [6, 6.07) is 3.67. The van der Waals surface area contributed by atoms with Crippen molar-refractivity contribution in [2.45, 2.75) is 92.7 Å². The van der Waals surface area contributed by atoms with Gasteiger partial charge >= 0.3 is 23.9 Å². The lowest BCUT2D eigenvalue weighted by atomic mass is 10.0. The van der Waals surface area contributed by atoms with Gasteiger partial charge in [-0.15, -0.1) is 0 Å². The second-order valence-corrected chi connectivity index (χ2v) is 9.68. The summed E-state index contributed by atoms with van der Waals surface area (Å²) in [4.78, 5) is 48.9. The average molecular weight is 522 g/mol. The number of benzene rings is 1. The van der Waals surface area contributed by atoms with E-state index in [0.717, 1.165) is 12.8 Å². The number of aliphatic carboxylic acids is 1. The van der Waals surface area contributed by atoms with E-state index in [-0.39, 0.29) is 48.2 Å². The fourth-order valence-electron chi connectivity index (χ4n) is 3.29. The van der Waals surface area contributed by atoms with Crippen LogP contribution in [0.4, 0.5) is 0 Å². The molecule has 1 rings (SSSR count). The van der Waals surface area contributed by atoms with E-state index in [1.807, 2.05) is 27.7 Å². The highest BCUT2D eigenvalue weighted by atomic mass is 16.6. The molecule has 9 nitrogen and oxygen atoms in total. The van der Waals surface area contributed by atoms with Crippen LogP contribution in [0.2, 0.25) is 0 Å². The number of nitrogens with one attached hydrogen (secondary N) is 1. The zero-order valence-corrected chi connectivity index (χ0v) is 23.2. The maximum atomic E-state index is 12.5. The van der Waals surface area contributed by atoms with Gasteiger partial charge in [0, 0.05) is 6.54 Å². The SMILES string of the molecule is CCCC(C)C(=O)OC(C)CN[C@@H](Cc1ccc(OC(=O)C(C)CC)c(OC(=O)C(C)CC)c1)C(=O)O. The third-order valence-electron chi connectivity index (χ3n) is 6.29. The molecule has 1 aromatic rings. The summed E-state index contributed by atoms with van der Waals surface area (Å²) in [7, 11) is 0. The summed E-state index contributed by atoms with van der Waals surface area (Å²) in [5, 5.41) is 12.7. The molecular weight excluding hydrogens is 478 g/mol. The molecule has 0 amide bonds. The van der Waals surface area contributed by atoms with E-state index in [4.69, 9.17) is 14.2 Å². The van der Waals surface area contributed by atoms with E-state index in [1.54, 1.807) is 26.8 Å². The molecule has 1 aromatic carbocycles. The fraction of sp³-hybridized carbons (Fsp3) is 0.643. The topological polar surface area (TPSA) is 128 Å². The zero-order valence-electron chi connectivity index (χ0n) is 23.2. The lowest BCUT2D eigenvalue weighted by Gasteiger charge is -2.21. The Hall–Kier alpha value is -2.94. The number of rotatable bonds is 16. The van der Waals surface area contributed by atoms with Gasteiger partial charge in [-0.05, 0) is 50.3 Å². The first kappa shape index (κ1) is 32.1. The molecule has 5 atom stereocenters. The van der Waals surface area contributed by atoms with Gasteiger partial charge in [0.05, 0.1) is 17.8 Å². The van der Waals surface area contributed by atoms with Gasteiger partial charge < -0.3 is 24.6 Å². The first-order valence-electron chi connectivity index (χ1n) is 13.2. The first-order chi connectivity index (χ1) is 17.4. The van der Waals surface area contributed by atoms with Crippen molar-refractivity contribution in [1.29, 1.82) is 0 Å². The predicted molar refractivity (Wildman–Crippen MR) is 139 cm³/mol.